The van der Waals surface area contributed by atoms with Crippen LogP contribution in [-0.2, 0) is 9.53 Å². The van der Waals surface area contributed by atoms with Gasteiger partial charge >= 0.3 is 0 Å². The number of carbonyl (C=O) groups is 2. The summed E-state index contributed by atoms with van der Waals surface area (Å²) in [4.78, 5) is 23.0. The molecule has 2 fully saturated rings. The third kappa shape index (κ3) is 3.63. The summed E-state index contributed by atoms with van der Waals surface area (Å²) in [6.07, 6.45) is 6.08. The molecule has 0 aliphatic heterocycles. The summed E-state index contributed by atoms with van der Waals surface area (Å²) in [7, 11) is 1.57. The van der Waals surface area contributed by atoms with Crippen LogP contribution >= 0.6 is 22.6 Å². The van der Waals surface area contributed by atoms with Crippen LogP contribution in [0.4, 0.5) is 4.79 Å². The number of hydrogen-bond donors (Lipinski definition) is 2. The van der Waals surface area contributed by atoms with Crippen LogP contribution < -0.4 is 10.6 Å². The summed E-state index contributed by atoms with van der Waals surface area (Å²) in [5.74, 6) is 0.674. The number of halogens is 1. The molecule has 0 heterocycles. The van der Waals surface area contributed by atoms with Crippen molar-refractivity contribution in [3.05, 3.63) is 0 Å². The van der Waals surface area contributed by atoms with E-state index in [1.807, 2.05) is 6.92 Å². The zero-order valence-corrected chi connectivity index (χ0v) is 14.2. The summed E-state index contributed by atoms with van der Waals surface area (Å²) in [6.45, 7) is 2.56. The fourth-order valence-electron chi connectivity index (χ4n) is 3.59. The fraction of sp³-hybridized carbons (Fsp3) is 0.857. The van der Waals surface area contributed by atoms with Gasteiger partial charge in [-0.1, -0.05) is 0 Å². The summed E-state index contributed by atoms with van der Waals surface area (Å²) < 4.78 is 5.71. The van der Waals surface area contributed by atoms with Gasteiger partial charge in [0.15, 0.2) is 0 Å². The topological polar surface area (TPSA) is 67.4 Å². The minimum Gasteiger partial charge on any atom is -0.375 e. The SMILES string of the molecule is CNC(=O)C(NC(=O)I)C(C)OC[C@]12CC[C@H](CC1)C2. The quantitative estimate of drug-likeness (QED) is 0.413. The maximum atomic E-state index is 11.8. The van der Waals surface area contributed by atoms with Gasteiger partial charge in [0, 0.05) is 29.6 Å². The molecule has 114 valence electrons. The van der Waals surface area contributed by atoms with Gasteiger partial charge in [0.1, 0.15) is 6.04 Å². The summed E-state index contributed by atoms with van der Waals surface area (Å²) in [5, 5.41) is 5.23. The molecular weight excluding hydrogens is 371 g/mol. The monoisotopic (exact) mass is 394 g/mol. The number of likely N-dealkylation sites (N-methyl/N-ethyl adjacent to an activating group) is 1. The van der Waals surface area contributed by atoms with Crippen molar-refractivity contribution >= 4 is 32.4 Å². The predicted molar refractivity (Wildman–Crippen MR) is 84.8 cm³/mol. The molecule has 0 aromatic heterocycles. The van der Waals surface area contributed by atoms with Crippen LogP contribution in [0.1, 0.15) is 39.0 Å². The zero-order chi connectivity index (χ0) is 14.8. The number of hydrogen-bond acceptors (Lipinski definition) is 3. The molecule has 6 heteroatoms. The van der Waals surface area contributed by atoms with Gasteiger partial charge in [-0.25, -0.2) is 0 Å². The van der Waals surface area contributed by atoms with Crippen molar-refractivity contribution in [3.63, 3.8) is 0 Å². The van der Waals surface area contributed by atoms with Gasteiger partial charge in [-0.05, 0) is 50.4 Å². The maximum absolute atomic E-state index is 11.8. The molecule has 2 rings (SSSR count). The highest BCUT2D eigenvalue weighted by Crippen LogP contribution is 2.54. The van der Waals surface area contributed by atoms with E-state index in [1.54, 1.807) is 29.6 Å². The number of rotatable bonds is 6. The Morgan fingerprint density at radius 2 is 2.05 bits per heavy atom. The van der Waals surface area contributed by atoms with E-state index in [9.17, 15) is 9.59 Å². The summed E-state index contributed by atoms with van der Waals surface area (Å²) in [5.41, 5.74) is 0.334. The molecular formula is C14H23IN2O3. The van der Waals surface area contributed by atoms with Crippen molar-refractivity contribution in [2.75, 3.05) is 13.7 Å². The van der Waals surface area contributed by atoms with E-state index >= 15 is 0 Å². The second kappa shape index (κ2) is 6.60. The first-order chi connectivity index (χ1) is 9.46. The number of carbonyl (C=O) groups excluding carboxylic acids is 2. The first-order valence-electron chi connectivity index (χ1n) is 7.25. The largest absolute Gasteiger partial charge is 0.375 e. The highest BCUT2D eigenvalue weighted by atomic mass is 127. The zero-order valence-electron chi connectivity index (χ0n) is 12.1. The standard InChI is InChI=1S/C14H23IN2O3/c1-9(11(12(18)16-2)17-13(15)19)20-8-14-5-3-10(7-14)4-6-14/h9-11H,3-8H2,1-2H3,(H,16,18)(H,17,19)/t9?,10-,11?,14-. The minimum absolute atomic E-state index is 0.212. The third-order valence-corrected chi connectivity index (χ3v) is 5.12. The molecule has 5 nitrogen and oxygen atoms in total. The fourth-order valence-corrected chi connectivity index (χ4v) is 3.93. The van der Waals surface area contributed by atoms with E-state index in [0.717, 1.165) is 5.92 Å². The van der Waals surface area contributed by atoms with E-state index in [0.29, 0.717) is 12.0 Å². The Labute approximate surface area is 133 Å². The van der Waals surface area contributed by atoms with Gasteiger partial charge in [-0.2, -0.15) is 0 Å². The summed E-state index contributed by atoms with van der Waals surface area (Å²) in [6, 6.07) is -0.626. The Morgan fingerprint density at radius 1 is 1.40 bits per heavy atom. The Kier molecular flexibility index (Phi) is 5.28. The van der Waals surface area contributed by atoms with Crippen LogP contribution in [0.2, 0.25) is 0 Å². The molecule has 0 saturated heterocycles. The normalized spacial score (nSPS) is 30.9. The van der Waals surface area contributed by atoms with Crippen molar-refractivity contribution in [1.82, 2.24) is 10.6 Å². The van der Waals surface area contributed by atoms with E-state index in [2.05, 4.69) is 10.6 Å². The molecule has 2 saturated carbocycles. The van der Waals surface area contributed by atoms with Crippen molar-refractivity contribution in [2.45, 2.75) is 51.2 Å². The lowest BCUT2D eigenvalue weighted by Crippen LogP contribution is -2.51. The second-order valence-corrected chi connectivity index (χ2v) is 7.15. The van der Waals surface area contributed by atoms with Crippen LogP contribution in [0.3, 0.4) is 0 Å². The lowest BCUT2D eigenvalue weighted by Gasteiger charge is -2.30. The van der Waals surface area contributed by atoms with Crippen LogP contribution in [-0.4, -0.2) is 35.6 Å². The first kappa shape index (κ1) is 16.0. The van der Waals surface area contributed by atoms with Gasteiger partial charge < -0.3 is 15.4 Å². The minimum atomic E-state index is -0.626. The van der Waals surface area contributed by atoms with Crippen LogP contribution in [0.25, 0.3) is 0 Å². The first-order valence-corrected chi connectivity index (χ1v) is 8.33. The molecule has 2 amide bonds. The highest BCUT2D eigenvalue weighted by Gasteiger charge is 2.45. The lowest BCUT2D eigenvalue weighted by molar-refractivity contribution is -0.126. The molecule has 20 heavy (non-hydrogen) atoms. The third-order valence-electron chi connectivity index (χ3n) is 4.81. The molecule has 0 aromatic rings. The van der Waals surface area contributed by atoms with E-state index < -0.39 is 6.04 Å². The maximum Gasteiger partial charge on any atom is 0.281 e. The number of amides is 2. The lowest BCUT2D eigenvalue weighted by atomic mass is 9.85. The van der Waals surface area contributed by atoms with Crippen molar-refractivity contribution in [1.29, 1.82) is 0 Å². The van der Waals surface area contributed by atoms with Crippen molar-refractivity contribution in [3.8, 4) is 0 Å². The van der Waals surface area contributed by atoms with Gasteiger partial charge in [0.25, 0.3) is 3.91 Å². The second-order valence-electron chi connectivity index (χ2n) is 6.17. The molecule has 2 aliphatic rings. The molecule has 2 atom stereocenters. The Hall–Kier alpha value is -0.370. The van der Waals surface area contributed by atoms with Crippen molar-refractivity contribution in [2.24, 2.45) is 11.3 Å². The van der Waals surface area contributed by atoms with Gasteiger partial charge in [0.2, 0.25) is 5.91 Å². The Bertz CT molecular complexity index is 381. The molecule has 2 bridgehead atoms. The molecule has 0 radical (unpaired) electrons. The van der Waals surface area contributed by atoms with Gasteiger partial charge in [0.05, 0.1) is 12.7 Å². The predicted octanol–water partition coefficient (Wildman–Crippen LogP) is 2.23. The smallest absolute Gasteiger partial charge is 0.281 e. The Morgan fingerprint density at radius 3 is 2.50 bits per heavy atom. The van der Waals surface area contributed by atoms with Crippen LogP contribution in [0, 0.1) is 11.3 Å². The molecule has 2 unspecified atom stereocenters. The molecule has 2 aliphatic carbocycles. The van der Waals surface area contributed by atoms with Crippen LogP contribution in [0.5, 0.6) is 0 Å². The van der Waals surface area contributed by atoms with Gasteiger partial charge in [-0.15, -0.1) is 0 Å². The number of ether oxygens (including phenoxy) is 1. The van der Waals surface area contributed by atoms with E-state index in [1.165, 1.54) is 32.1 Å². The van der Waals surface area contributed by atoms with E-state index in [4.69, 9.17) is 4.74 Å². The van der Waals surface area contributed by atoms with Crippen LogP contribution in [0.15, 0.2) is 0 Å². The molecule has 0 spiro atoms. The van der Waals surface area contributed by atoms with E-state index in [-0.39, 0.29) is 15.9 Å². The average molecular weight is 394 g/mol. The Balaban J connectivity index is 1.89. The average Bonchev–Trinajstić information content (AvgIpc) is 3.02. The summed E-state index contributed by atoms with van der Waals surface area (Å²) >= 11 is 1.64. The number of nitrogens with one attached hydrogen (secondary N) is 2. The number of fused-ring (bicyclic) bond motifs is 2. The van der Waals surface area contributed by atoms with Crippen molar-refractivity contribution < 1.29 is 14.3 Å². The van der Waals surface area contributed by atoms with Gasteiger partial charge in [-0.3, -0.25) is 9.59 Å². The molecule has 0 aromatic carbocycles. The molecule has 2 N–H and O–H groups in total. The highest BCUT2D eigenvalue weighted by molar-refractivity contribution is 14.1.